The number of hydrogen-bond acceptors (Lipinski definition) is 5. The second-order valence-electron chi connectivity index (χ2n) is 6.29. The van der Waals surface area contributed by atoms with Crippen LogP contribution in [-0.2, 0) is 16.3 Å². The Morgan fingerprint density at radius 1 is 1.12 bits per heavy atom. The van der Waals surface area contributed by atoms with Gasteiger partial charge in [-0.1, -0.05) is 24.3 Å². The molecule has 1 amide bonds. The van der Waals surface area contributed by atoms with Gasteiger partial charge in [0.25, 0.3) is 5.91 Å². The van der Waals surface area contributed by atoms with Crippen molar-refractivity contribution in [2.75, 3.05) is 24.0 Å². The Hall–Kier alpha value is -2.96. The summed E-state index contributed by atoms with van der Waals surface area (Å²) in [6, 6.07) is 15.1. The van der Waals surface area contributed by atoms with Crippen LogP contribution in [0.25, 0.3) is 6.08 Å². The number of rotatable bonds is 5. The molecule has 0 spiro atoms. The van der Waals surface area contributed by atoms with E-state index in [9.17, 15) is 4.79 Å². The Morgan fingerprint density at radius 3 is 2.35 bits per heavy atom. The van der Waals surface area contributed by atoms with E-state index >= 15 is 0 Å². The van der Waals surface area contributed by atoms with Crippen molar-refractivity contribution in [2.24, 2.45) is 5.10 Å². The molecule has 0 unspecified atom stereocenters. The number of hydrogen-bond donors (Lipinski definition) is 1. The highest BCUT2D eigenvalue weighted by atomic mass is 17.1. The average Bonchev–Trinajstić information content (AvgIpc) is 2.91. The second kappa shape index (κ2) is 7.51. The second-order valence-corrected chi connectivity index (χ2v) is 6.29. The summed E-state index contributed by atoms with van der Waals surface area (Å²) in [5, 5.41) is 14.3. The Bertz CT molecular complexity index is 853. The summed E-state index contributed by atoms with van der Waals surface area (Å²) in [6.07, 6.45) is 1.86. The molecule has 3 rings (SSSR count). The fourth-order valence-electron chi connectivity index (χ4n) is 2.70. The molecular formula is C20H21N3O3. The lowest BCUT2D eigenvalue weighted by molar-refractivity contribution is -0.253. The molecule has 0 atom stereocenters. The lowest BCUT2D eigenvalue weighted by Gasteiger charge is -2.13. The number of benzene rings is 2. The minimum Gasteiger partial charge on any atom is -0.378 e. The van der Waals surface area contributed by atoms with Crippen molar-refractivity contribution in [1.29, 1.82) is 0 Å². The van der Waals surface area contributed by atoms with Gasteiger partial charge in [-0.3, -0.25) is 10.1 Å². The van der Waals surface area contributed by atoms with Gasteiger partial charge in [0, 0.05) is 19.8 Å². The highest BCUT2D eigenvalue weighted by Crippen LogP contribution is 2.26. The SMILES string of the molecule is CC1=NN(c2ccc(COO)cc2)C(=O)C1=Cc1ccc(N(C)C)cc1. The van der Waals surface area contributed by atoms with Gasteiger partial charge < -0.3 is 4.90 Å². The van der Waals surface area contributed by atoms with Crippen molar-refractivity contribution in [3.63, 3.8) is 0 Å². The fraction of sp³-hybridized carbons (Fsp3) is 0.200. The summed E-state index contributed by atoms with van der Waals surface area (Å²) in [4.78, 5) is 18.9. The molecule has 1 aliphatic rings. The predicted molar refractivity (Wildman–Crippen MR) is 103 cm³/mol. The number of nitrogens with zero attached hydrogens (tertiary/aromatic N) is 3. The van der Waals surface area contributed by atoms with E-state index in [1.54, 1.807) is 24.3 Å². The molecule has 0 bridgehead atoms. The Morgan fingerprint density at radius 2 is 1.77 bits per heavy atom. The van der Waals surface area contributed by atoms with E-state index in [1.807, 2.05) is 56.3 Å². The van der Waals surface area contributed by atoms with Crippen molar-refractivity contribution in [1.82, 2.24) is 0 Å². The van der Waals surface area contributed by atoms with Crippen LogP contribution in [0.4, 0.5) is 11.4 Å². The third-order valence-corrected chi connectivity index (χ3v) is 4.20. The maximum Gasteiger partial charge on any atom is 0.280 e. The molecule has 0 aromatic heterocycles. The standard InChI is InChI=1S/C20H21N3O3/c1-14-19(12-15-4-8-17(9-5-15)22(2)3)20(24)23(21-14)18-10-6-16(7-11-18)13-26-25/h4-12,25H,13H2,1-3H3. The summed E-state index contributed by atoms with van der Waals surface area (Å²) in [5.41, 5.74) is 4.78. The predicted octanol–water partition coefficient (Wildman–Crippen LogP) is 3.55. The van der Waals surface area contributed by atoms with Gasteiger partial charge in [0.2, 0.25) is 0 Å². The van der Waals surface area contributed by atoms with Crippen molar-refractivity contribution < 1.29 is 14.9 Å². The van der Waals surface area contributed by atoms with E-state index in [2.05, 4.69) is 9.99 Å². The Labute approximate surface area is 152 Å². The molecular weight excluding hydrogens is 330 g/mol. The van der Waals surface area contributed by atoms with Gasteiger partial charge in [0.15, 0.2) is 0 Å². The van der Waals surface area contributed by atoms with Crippen LogP contribution < -0.4 is 9.91 Å². The van der Waals surface area contributed by atoms with Crippen LogP contribution in [0.2, 0.25) is 0 Å². The number of carbonyl (C=O) groups is 1. The van der Waals surface area contributed by atoms with Gasteiger partial charge in [-0.05, 0) is 48.4 Å². The van der Waals surface area contributed by atoms with E-state index in [-0.39, 0.29) is 12.5 Å². The largest absolute Gasteiger partial charge is 0.378 e. The summed E-state index contributed by atoms with van der Waals surface area (Å²) < 4.78 is 0. The van der Waals surface area contributed by atoms with E-state index in [1.165, 1.54) is 5.01 Å². The quantitative estimate of drug-likeness (QED) is 0.508. The van der Waals surface area contributed by atoms with Crippen molar-refractivity contribution in [3.05, 3.63) is 65.2 Å². The zero-order chi connectivity index (χ0) is 18.7. The molecule has 1 N–H and O–H groups in total. The molecule has 6 nitrogen and oxygen atoms in total. The summed E-state index contributed by atoms with van der Waals surface area (Å²) in [6.45, 7) is 1.93. The summed E-state index contributed by atoms with van der Waals surface area (Å²) in [7, 11) is 3.97. The van der Waals surface area contributed by atoms with Crippen molar-refractivity contribution >= 4 is 29.1 Å². The molecule has 0 radical (unpaired) electrons. The fourth-order valence-corrected chi connectivity index (χ4v) is 2.70. The highest BCUT2D eigenvalue weighted by Gasteiger charge is 2.28. The van der Waals surface area contributed by atoms with Crippen LogP contribution in [0, 0.1) is 0 Å². The first-order valence-electron chi connectivity index (χ1n) is 8.24. The van der Waals surface area contributed by atoms with Crippen LogP contribution in [0.1, 0.15) is 18.1 Å². The van der Waals surface area contributed by atoms with Crippen molar-refractivity contribution in [2.45, 2.75) is 13.5 Å². The van der Waals surface area contributed by atoms with Crippen LogP contribution in [0.15, 0.2) is 59.2 Å². The van der Waals surface area contributed by atoms with Gasteiger partial charge in [0.1, 0.15) is 6.61 Å². The van der Waals surface area contributed by atoms with E-state index < -0.39 is 0 Å². The monoisotopic (exact) mass is 351 g/mol. The third kappa shape index (κ3) is 3.66. The number of carbonyl (C=O) groups excluding carboxylic acids is 1. The van der Waals surface area contributed by atoms with Crippen LogP contribution in [0.5, 0.6) is 0 Å². The van der Waals surface area contributed by atoms with E-state index in [0.717, 1.165) is 16.8 Å². The molecule has 1 heterocycles. The molecule has 1 aliphatic heterocycles. The van der Waals surface area contributed by atoms with Gasteiger partial charge in [-0.25, -0.2) is 4.89 Å². The first kappa shape index (κ1) is 17.8. The molecule has 2 aromatic carbocycles. The molecule has 0 fully saturated rings. The maximum atomic E-state index is 12.8. The van der Waals surface area contributed by atoms with Crippen LogP contribution in [0.3, 0.4) is 0 Å². The smallest absolute Gasteiger partial charge is 0.280 e. The van der Waals surface area contributed by atoms with Gasteiger partial charge in [-0.15, -0.1) is 0 Å². The van der Waals surface area contributed by atoms with Crippen molar-refractivity contribution in [3.8, 4) is 0 Å². The normalized spacial score (nSPS) is 15.5. The molecule has 0 saturated heterocycles. The Kier molecular flexibility index (Phi) is 5.16. The zero-order valence-corrected chi connectivity index (χ0v) is 15.0. The minimum atomic E-state index is -0.162. The first-order chi connectivity index (χ1) is 12.5. The van der Waals surface area contributed by atoms with Gasteiger partial charge in [-0.2, -0.15) is 10.1 Å². The topological polar surface area (TPSA) is 65.4 Å². The van der Waals surface area contributed by atoms with Crippen LogP contribution in [-0.4, -0.2) is 31.0 Å². The molecule has 0 saturated carbocycles. The first-order valence-corrected chi connectivity index (χ1v) is 8.24. The van der Waals surface area contributed by atoms with Crippen LogP contribution >= 0.6 is 0 Å². The lowest BCUT2D eigenvalue weighted by atomic mass is 10.1. The zero-order valence-electron chi connectivity index (χ0n) is 15.0. The minimum absolute atomic E-state index is 0.102. The number of hydrazone groups is 1. The highest BCUT2D eigenvalue weighted by molar-refractivity contribution is 6.32. The molecule has 26 heavy (non-hydrogen) atoms. The van der Waals surface area contributed by atoms with E-state index in [4.69, 9.17) is 5.26 Å². The van der Waals surface area contributed by atoms with E-state index in [0.29, 0.717) is 17.0 Å². The molecule has 6 heteroatoms. The van der Waals surface area contributed by atoms with Gasteiger partial charge in [0.05, 0.1) is 17.0 Å². The maximum absolute atomic E-state index is 12.8. The molecule has 2 aromatic rings. The summed E-state index contributed by atoms with van der Waals surface area (Å²) >= 11 is 0. The summed E-state index contributed by atoms with van der Waals surface area (Å²) in [5.74, 6) is -0.162. The van der Waals surface area contributed by atoms with Gasteiger partial charge >= 0.3 is 0 Å². The lowest BCUT2D eigenvalue weighted by Crippen LogP contribution is -2.21. The molecule has 134 valence electrons. The average molecular weight is 351 g/mol. The number of amides is 1. The Balaban J connectivity index is 1.83. The third-order valence-electron chi connectivity index (χ3n) is 4.20. The number of anilines is 2. The molecule has 0 aliphatic carbocycles.